The van der Waals surface area contributed by atoms with Gasteiger partial charge in [0.15, 0.2) is 0 Å². The molecule has 2 radical (unpaired) electrons. The number of nitrogens with zero attached hydrogens (tertiary/aromatic N) is 1. The van der Waals surface area contributed by atoms with E-state index >= 15 is 0 Å². The van der Waals surface area contributed by atoms with Crippen LogP contribution >= 0.6 is 0 Å². The molecule has 0 amide bonds. The Kier molecular flexibility index (Phi) is 5.38. The molecule has 0 saturated heterocycles. The van der Waals surface area contributed by atoms with Crippen LogP contribution in [0.15, 0.2) is 140 Å². The number of aromatic nitrogens is 1. The first kappa shape index (κ1) is 21.7. The third-order valence-electron chi connectivity index (χ3n) is 7.11. The molecule has 0 unspecified atom stereocenters. The standard InChI is InChI=1S/C35H23NSi/c1-2-11-26(12-3-1)37-27-17-18-32-33(23-27)35(29-16-8-10-24-9-4-5-13-28(24)29)31-15-7-6-14-30(31)34(32)25-19-21-36-22-20-25/h1-23H. The second kappa shape index (κ2) is 9.16. The molecule has 0 aliphatic carbocycles. The Morgan fingerprint density at radius 2 is 1.08 bits per heavy atom. The number of hydrogen-bond donors (Lipinski definition) is 0. The Labute approximate surface area is 218 Å². The van der Waals surface area contributed by atoms with Crippen LogP contribution in [-0.2, 0) is 0 Å². The van der Waals surface area contributed by atoms with Crippen molar-refractivity contribution in [1.82, 2.24) is 4.98 Å². The van der Waals surface area contributed by atoms with Gasteiger partial charge in [0.2, 0.25) is 0 Å². The van der Waals surface area contributed by atoms with Crippen molar-refractivity contribution < 1.29 is 0 Å². The maximum atomic E-state index is 4.29. The zero-order valence-electron chi connectivity index (χ0n) is 20.2. The van der Waals surface area contributed by atoms with Crippen LogP contribution in [0.25, 0.3) is 54.6 Å². The van der Waals surface area contributed by atoms with E-state index in [4.69, 9.17) is 0 Å². The fourth-order valence-corrected chi connectivity index (χ4v) is 6.58. The lowest BCUT2D eigenvalue weighted by atomic mass is 9.85. The fourth-order valence-electron chi connectivity index (χ4n) is 5.51. The third kappa shape index (κ3) is 3.83. The first-order chi connectivity index (χ1) is 18.4. The van der Waals surface area contributed by atoms with Gasteiger partial charge in [-0.25, -0.2) is 0 Å². The fraction of sp³-hybridized carbons (Fsp3) is 0. The van der Waals surface area contributed by atoms with Crippen LogP contribution in [0, 0.1) is 0 Å². The molecule has 0 N–H and O–H groups in total. The molecule has 7 rings (SSSR count). The van der Waals surface area contributed by atoms with Crippen LogP contribution in [0.1, 0.15) is 0 Å². The van der Waals surface area contributed by atoms with Gasteiger partial charge in [0.1, 0.15) is 9.52 Å². The molecular weight excluding hydrogens is 462 g/mol. The molecule has 0 bridgehead atoms. The zero-order valence-corrected chi connectivity index (χ0v) is 21.2. The Morgan fingerprint density at radius 3 is 1.89 bits per heavy atom. The molecule has 1 aromatic heterocycles. The van der Waals surface area contributed by atoms with Crippen LogP contribution in [0.2, 0.25) is 0 Å². The first-order valence-electron chi connectivity index (χ1n) is 12.6. The quantitative estimate of drug-likeness (QED) is 0.185. The number of rotatable bonds is 4. The minimum Gasteiger partial charge on any atom is -0.265 e. The average molecular weight is 486 g/mol. The van der Waals surface area contributed by atoms with Gasteiger partial charge in [-0.2, -0.15) is 0 Å². The Morgan fingerprint density at radius 1 is 0.432 bits per heavy atom. The van der Waals surface area contributed by atoms with Crippen molar-refractivity contribution in [3.63, 3.8) is 0 Å². The number of hydrogen-bond acceptors (Lipinski definition) is 1. The van der Waals surface area contributed by atoms with E-state index in [1.54, 1.807) is 0 Å². The summed E-state index contributed by atoms with van der Waals surface area (Å²) in [6.07, 6.45) is 3.78. The molecule has 0 spiro atoms. The molecule has 1 nitrogen and oxygen atoms in total. The molecule has 6 aromatic carbocycles. The Bertz CT molecular complexity index is 1890. The Balaban J connectivity index is 1.62. The monoisotopic (exact) mass is 485 g/mol. The molecular formula is C35H23NSi. The highest BCUT2D eigenvalue weighted by molar-refractivity contribution is 6.67. The molecule has 172 valence electrons. The minimum absolute atomic E-state index is 0.606. The summed E-state index contributed by atoms with van der Waals surface area (Å²) in [5.41, 5.74) is 5.05. The molecule has 1 heterocycles. The Hall–Kier alpha value is -4.53. The summed E-state index contributed by atoms with van der Waals surface area (Å²) in [4.78, 5) is 4.29. The van der Waals surface area contributed by atoms with Crippen molar-refractivity contribution in [1.29, 1.82) is 0 Å². The van der Waals surface area contributed by atoms with Crippen molar-refractivity contribution in [2.24, 2.45) is 0 Å². The highest BCUT2D eigenvalue weighted by Gasteiger charge is 2.18. The summed E-state index contributed by atoms with van der Waals surface area (Å²) >= 11 is 0. The minimum atomic E-state index is 0.606. The van der Waals surface area contributed by atoms with Gasteiger partial charge in [0.25, 0.3) is 0 Å². The van der Waals surface area contributed by atoms with Crippen molar-refractivity contribution in [2.45, 2.75) is 0 Å². The van der Waals surface area contributed by atoms with E-state index in [2.05, 4.69) is 132 Å². The van der Waals surface area contributed by atoms with Gasteiger partial charge in [-0.05, 0) is 66.7 Å². The normalized spacial score (nSPS) is 11.4. The SMILES string of the molecule is c1ccc([Si]c2ccc3c(-c4ccncc4)c4ccccc4c(-c4cccc5ccccc45)c3c2)cc1. The van der Waals surface area contributed by atoms with Gasteiger partial charge in [-0.1, -0.05) is 126 Å². The summed E-state index contributed by atoms with van der Waals surface area (Å²) in [5.74, 6) is 0. The summed E-state index contributed by atoms with van der Waals surface area (Å²) in [5, 5.41) is 10.3. The van der Waals surface area contributed by atoms with Crippen molar-refractivity contribution in [2.75, 3.05) is 0 Å². The predicted molar refractivity (Wildman–Crippen MR) is 159 cm³/mol. The van der Waals surface area contributed by atoms with Gasteiger partial charge in [0.05, 0.1) is 0 Å². The maximum absolute atomic E-state index is 4.29. The van der Waals surface area contributed by atoms with Crippen LogP contribution in [0.4, 0.5) is 0 Å². The average Bonchev–Trinajstić information content (AvgIpc) is 2.97. The van der Waals surface area contributed by atoms with Gasteiger partial charge in [-0.15, -0.1) is 0 Å². The summed E-state index contributed by atoms with van der Waals surface area (Å²) in [6.45, 7) is 0. The van der Waals surface area contributed by atoms with E-state index < -0.39 is 0 Å². The molecule has 2 heteroatoms. The predicted octanol–water partition coefficient (Wildman–Crippen LogP) is 7.53. The summed E-state index contributed by atoms with van der Waals surface area (Å²) in [6, 6.07) is 46.3. The highest BCUT2D eigenvalue weighted by Crippen LogP contribution is 2.44. The molecule has 0 fully saturated rings. The second-order valence-corrected chi connectivity index (χ2v) is 10.7. The van der Waals surface area contributed by atoms with Crippen LogP contribution in [0.5, 0.6) is 0 Å². The van der Waals surface area contributed by atoms with Crippen molar-refractivity contribution >= 4 is 52.2 Å². The maximum Gasteiger partial charge on any atom is 0.121 e. The molecule has 0 saturated carbocycles. The topological polar surface area (TPSA) is 12.9 Å². The van der Waals surface area contributed by atoms with Crippen LogP contribution in [0.3, 0.4) is 0 Å². The summed E-state index contributed by atoms with van der Waals surface area (Å²) < 4.78 is 0. The van der Waals surface area contributed by atoms with Crippen molar-refractivity contribution in [3.8, 4) is 22.3 Å². The van der Waals surface area contributed by atoms with Gasteiger partial charge < -0.3 is 0 Å². The molecule has 37 heavy (non-hydrogen) atoms. The van der Waals surface area contributed by atoms with E-state index in [-0.39, 0.29) is 0 Å². The van der Waals surface area contributed by atoms with E-state index in [1.807, 2.05) is 12.4 Å². The third-order valence-corrected chi connectivity index (χ3v) is 8.34. The first-order valence-corrected chi connectivity index (χ1v) is 13.6. The van der Waals surface area contributed by atoms with Crippen molar-refractivity contribution in [3.05, 3.63) is 140 Å². The van der Waals surface area contributed by atoms with E-state index in [9.17, 15) is 0 Å². The van der Waals surface area contributed by atoms with Crippen LogP contribution in [-0.4, -0.2) is 14.5 Å². The number of pyridine rings is 1. The lowest BCUT2D eigenvalue weighted by molar-refractivity contribution is 1.33. The zero-order chi connectivity index (χ0) is 24.6. The van der Waals surface area contributed by atoms with Gasteiger partial charge >= 0.3 is 0 Å². The van der Waals surface area contributed by atoms with Crippen LogP contribution < -0.4 is 10.4 Å². The molecule has 0 aliphatic rings. The molecule has 0 aliphatic heterocycles. The van der Waals surface area contributed by atoms with E-state index in [0.717, 1.165) is 0 Å². The largest absolute Gasteiger partial charge is 0.265 e. The highest BCUT2D eigenvalue weighted by atomic mass is 28.2. The number of benzene rings is 6. The smallest absolute Gasteiger partial charge is 0.121 e. The lowest BCUT2D eigenvalue weighted by Gasteiger charge is -2.19. The molecule has 7 aromatic rings. The lowest BCUT2D eigenvalue weighted by Crippen LogP contribution is -2.26. The summed E-state index contributed by atoms with van der Waals surface area (Å²) in [7, 11) is 0.606. The van der Waals surface area contributed by atoms with E-state index in [0.29, 0.717) is 9.52 Å². The second-order valence-electron chi connectivity index (χ2n) is 9.31. The number of fused-ring (bicyclic) bond motifs is 3. The van der Waals surface area contributed by atoms with E-state index in [1.165, 1.54) is 64.9 Å². The molecule has 0 atom stereocenters. The van der Waals surface area contributed by atoms with Gasteiger partial charge in [-0.3, -0.25) is 4.98 Å². The van der Waals surface area contributed by atoms with Gasteiger partial charge in [0, 0.05) is 12.4 Å².